The third kappa shape index (κ3) is 1.97. The summed E-state index contributed by atoms with van der Waals surface area (Å²) in [6.45, 7) is 1.70. The molecular formula is C12H9F3S. The fraction of sp³-hybridized carbons (Fsp3) is 0.167. The molecule has 0 fully saturated rings. The van der Waals surface area contributed by atoms with Gasteiger partial charge < -0.3 is 0 Å². The molecule has 2 aromatic rings. The van der Waals surface area contributed by atoms with Crippen molar-refractivity contribution in [2.45, 2.75) is 13.1 Å². The smallest absolute Gasteiger partial charge is 0.165 e. The molecule has 0 aliphatic carbocycles. The van der Waals surface area contributed by atoms with Crippen LogP contribution in [0.3, 0.4) is 0 Å². The second-order valence-corrected chi connectivity index (χ2v) is 4.37. The van der Waals surface area contributed by atoms with Crippen LogP contribution in [0.5, 0.6) is 0 Å². The number of hydrogen-bond acceptors (Lipinski definition) is 1. The Morgan fingerprint density at radius 3 is 2.25 bits per heavy atom. The molecule has 0 radical (unpaired) electrons. The molecule has 0 bridgehead atoms. The molecule has 0 saturated carbocycles. The van der Waals surface area contributed by atoms with E-state index in [0.717, 1.165) is 11.3 Å². The topological polar surface area (TPSA) is 0 Å². The van der Waals surface area contributed by atoms with E-state index in [1.165, 1.54) is 0 Å². The average molecular weight is 242 g/mol. The number of benzene rings is 1. The van der Waals surface area contributed by atoms with Crippen molar-refractivity contribution in [2.75, 3.05) is 0 Å². The van der Waals surface area contributed by atoms with Gasteiger partial charge in [-0.05, 0) is 23.4 Å². The SMILES string of the molecule is Cc1csc(C(F)(F)F)c1-c1ccccc1. The molecule has 0 amide bonds. The van der Waals surface area contributed by atoms with E-state index in [1.807, 2.05) is 0 Å². The van der Waals surface area contributed by atoms with Crippen LogP contribution in [0.4, 0.5) is 13.2 Å². The van der Waals surface area contributed by atoms with Gasteiger partial charge in [-0.2, -0.15) is 13.2 Å². The lowest BCUT2D eigenvalue weighted by molar-refractivity contribution is -0.133. The highest BCUT2D eigenvalue weighted by molar-refractivity contribution is 7.10. The van der Waals surface area contributed by atoms with Crippen LogP contribution in [0.25, 0.3) is 11.1 Å². The van der Waals surface area contributed by atoms with Crippen LogP contribution < -0.4 is 0 Å². The normalized spacial score (nSPS) is 11.8. The fourth-order valence-corrected chi connectivity index (χ4v) is 2.56. The summed E-state index contributed by atoms with van der Waals surface area (Å²) < 4.78 is 38.3. The summed E-state index contributed by atoms with van der Waals surface area (Å²) in [4.78, 5) is -0.517. The van der Waals surface area contributed by atoms with Crippen molar-refractivity contribution in [3.8, 4) is 11.1 Å². The number of halogens is 3. The minimum Gasteiger partial charge on any atom is -0.165 e. The Morgan fingerprint density at radius 2 is 1.69 bits per heavy atom. The predicted octanol–water partition coefficient (Wildman–Crippen LogP) is 4.74. The zero-order chi connectivity index (χ0) is 11.8. The maximum atomic E-state index is 12.8. The van der Waals surface area contributed by atoms with Crippen LogP contribution in [-0.2, 0) is 6.18 Å². The van der Waals surface area contributed by atoms with Crippen LogP contribution >= 0.6 is 11.3 Å². The van der Waals surface area contributed by atoms with Crippen LogP contribution in [0.2, 0.25) is 0 Å². The molecular weight excluding hydrogens is 233 g/mol. The average Bonchev–Trinajstić information content (AvgIpc) is 2.61. The number of rotatable bonds is 1. The highest BCUT2D eigenvalue weighted by Gasteiger charge is 2.36. The van der Waals surface area contributed by atoms with Crippen molar-refractivity contribution in [1.29, 1.82) is 0 Å². The highest BCUT2D eigenvalue weighted by Crippen LogP contribution is 2.42. The Labute approximate surface area is 95.4 Å². The molecule has 1 aromatic carbocycles. The first kappa shape index (κ1) is 11.2. The van der Waals surface area contributed by atoms with Gasteiger partial charge in [0.15, 0.2) is 0 Å². The Kier molecular flexibility index (Phi) is 2.76. The van der Waals surface area contributed by atoms with Gasteiger partial charge in [-0.15, -0.1) is 11.3 Å². The van der Waals surface area contributed by atoms with Gasteiger partial charge in [0.05, 0.1) is 0 Å². The molecule has 1 aromatic heterocycles. The molecule has 0 unspecified atom stereocenters. The van der Waals surface area contributed by atoms with Crippen molar-refractivity contribution in [3.63, 3.8) is 0 Å². The van der Waals surface area contributed by atoms with Crippen LogP contribution in [0.15, 0.2) is 35.7 Å². The summed E-state index contributed by atoms with van der Waals surface area (Å²) >= 11 is 0.753. The van der Waals surface area contributed by atoms with E-state index in [0.29, 0.717) is 16.7 Å². The quantitative estimate of drug-likeness (QED) is 0.677. The third-order valence-electron chi connectivity index (χ3n) is 2.29. The van der Waals surface area contributed by atoms with Crippen molar-refractivity contribution in [1.82, 2.24) is 0 Å². The van der Waals surface area contributed by atoms with Gasteiger partial charge in [0, 0.05) is 5.56 Å². The van der Waals surface area contributed by atoms with Crippen LogP contribution in [-0.4, -0.2) is 0 Å². The van der Waals surface area contributed by atoms with Crippen molar-refractivity contribution in [3.05, 3.63) is 46.2 Å². The van der Waals surface area contributed by atoms with E-state index in [1.54, 1.807) is 42.6 Å². The number of hydrogen-bond donors (Lipinski definition) is 0. The molecule has 0 atom stereocenters. The summed E-state index contributed by atoms with van der Waals surface area (Å²) in [7, 11) is 0. The van der Waals surface area contributed by atoms with Crippen LogP contribution in [0, 0.1) is 6.92 Å². The fourth-order valence-electron chi connectivity index (χ4n) is 1.62. The van der Waals surface area contributed by atoms with Crippen molar-refractivity contribution >= 4 is 11.3 Å². The van der Waals surface area contributed by atoms with Gasteiger partial charge in [0.1, 0.15) is 4.88 Å². The summed E-state index contributed by atoms with van der Waals surface area (Å²) in [5.74, 6) is 0. The first-order valence-electron chi connectivity index (χ1n) is 4.71. The number of thiophene rings is 1. The van der Waals surface area contributed by atoms with E-state index >= 15 is 0 Å². The van der Waals surface area contributed by atoms with Gasteiger partial charge in [-0.3, -0.25) is 0 Å². The Hall–Kier alpha value is -1.29. The zero-order valence-corrected chi connectivity index (χ0v) is 9.32. The van der Waals surface area contributed by atoms with Gasteiger partial charge in [0.2, 0.25) is 0 Å². The molecule has 0 spiro atoms. The summed E-state index contributed by atoms with van der Waals surface area (Å²) in [5.41, 5.74) is 1.59. The standard InChI is InChI=1S/C12H9F3S/c1-8-7-16-11(12(13,14)15)10(8)9-5-3-2-4-6-9/h2-7H,1H3. The molecule has 0 aliphatic rings. The molecule has 2 rings (SSSR count). The second-order valence-electron chi connectivity index (χ2n) is 3.49. The maximum Gasteiger partial charge on any atom is 0.426 e. The van der Waals surface area contributed by atoms with Gasteiger partial charge in [-0.1, -0.05) is 30.3 Å². The largest absolute Gasteiger partial charge is 0.426 e. The Bertz CT molecular complexity index is 483. The van der Waals surface area contributed by atoms with E-state index in [-0.39, 0.29) is 0 Å². The summed E-state index contributed by atoms with van der Waals surface area (Å²) in [6, 6.07) is 8.67. The molecule has 16 heavy (non-hydrogen) atoms. The highest BCUT2D eigenvalue weighted by atomic mass is 32.1. The molecule has 0 nitrogen and oxygen atoms in total. The predicted molar refractivity (Wildman–Crippen MR) is 59.5 cm³/mol. The number of aryl methyl sites for hydroxylation is 1. The van der Waals surface area contributed by atoms with E-state index in [4.69, 9.17) is 0 Å². The second kappa shape index (κ2) is 3.94. The molecule has 0 saturated heterocycles. The molecule has 0 aliphatic heterocycles. The molecule has 0 N–H and O–H groups in total. The van der Waals surface area contributed by atoms with E-state index < -0.39 is 11.1 Å². The molecule has 4 heteroatoms. The van der Waals surface area contributed by atoms with Gasteiger partial charge >= 0.3 is 6.18 Å². The van der Waals surface area contributed by atoms with Crippen molar-refractivity contribution < 1.29 is 13.2 Å². The monoisotopic (exact) mass is 242 g/mol. The number of alkyl halides is 3. The zero-order valence-electron chi connectivity index (χ0n) is 8.51. The lowest BCUT2D eigenvalue weighted by Crippen LogP contribution is -2.03. The van der Waals surface area contributed by atoms with Gasteiger partial charge in [0.25, 0.3) is 0 Å². The first-order valence-corrected chi connectivity index (χ1v) is 5.59. The lowest BCUT2D eigenvalue weighted by Gasteiger charge is -2.08. The molecule has 1 heterocycles. The first-order chi connectivity index (χ1) is 7.50. The summed E-state index contributed by atoms with van der Waals surface area (Å²) in [6.07, 6.45) is -4.27. The Morgan fingerprint density at radius 1 is 1.06 bits per heavy atom. The lowest BCUT2D eigenvalue weighted by atomic mass is 10.0. The Balaban J connectivity index is 2.61. The summed E-state index contributed by atoms with van der Waals surface area (Å²) in [5, 5.41) is 1.55. The van der Waals surface area contributed by atoms with Gasteiger partial charge in [-0.25, -0.2) is 0 Å². The van der Waals surface area contributed by atoms with E-state index in [9.17, 15) is 13.2 Å². The minimum absolute atomic E-state index is 0.304. The minimum atomic E-state index is -4.27. The maximum absolute atomic E-state index is 12.8. The van der Waals surface area contributed by atoms with E-state index in [2.05, 4.69) is 0 Å². The molecule has 84 valence electrons. The third-order valence-corrected chi connectivity index (χ3v) is 3.44. The van der Waals surface area contributed by atoms with Crippen molar-refractivity contribution in [2.24, 2.45) is 0 Å². The van der Waals surface area contributed by atoms with Crippen LogP contribution in [0.1, 0.15) is 10.4 Å².